The first-order chi connectivity index (χ1) is 22.6. The van der Waals surface area contributed by atoms with Crippen molar-refractivity contribution in [3.8, 4) is 0 Å². The molecule has 0 aromatic heterocycles. The smallest absolute Gasteiger partial charge is 0.223 e. The van der Waals surface area contributed by atoms with Gasteiger partial charge in [-0.05, 0) is 12.8 Å². The molecule has 0 aromatic rings. The van der Waals surface area contributed by atoms with Crippen molar-refractivity contribution >= 4 is 43.5 Å². The summed E-state index contributed by atoms with van der Waals surface area (Å²) in [6.07, 6.45) is 3.29. The van der Waals surface area contributed by atoms with Crippen molar-refractivity contribution in [1.82, 2.24) is 16.0 Å². The van der Waals surface area contributed by atoms with Gasteiger partial charge in [0.15, 0.2) is 17.3 Å². The number of carbonyl (C=O) groups excluding carboxylic acids is 6. The van der Waals surface area contributed by atoms with Crippen LogP contribution in [0.4, 0.5) is 0 Å². The maximum atomic E-state index is 12.9. The molecule has 17 heteroatoms. The third-order valence-corrected chi connectivity index (χ3v) is 6.44. The van der Waals surface area contributed by atoms with E-state index in [0.717, 1.165) is 0 Å². The zero-order valence-electron chi connectivity index (χ0n) is 29.7. The molecule has 0 bridgehead atoms. The number of hydrogen-bond donors (Lipinski definition) is 3. The SMILES string of the molecule is CCC(=O)COCCOCCNC(=O)C(CCCCCC(=O)COCCOCCNC(C)=O)CC(=O)COCCOCCNC(C)=O.[B].[Y]. The number of ether oxygens (including phenoxy) is 6. The summed E-state index contributed by atoms with van der Waals surface area (Å²) in [5.41, 5.74) is 0. The molecule has 3 N–H and O–H groups in total. The second-order valence-corrected chi connectivity index (χ2v) is 10.7. The Labute approximate surface area is 318 Å². The Balaban J connectivity index is -0.0000106. The first-order valence-corrected chi connectivity index (χ1v) is 16.4. The Morgan fingerprint density at radius 1 is 0.531 bits per heavy atom. The van der Waals surface area contributed by atoms with Gasteiger partial charge < -0.3 is 44.4 Å². The van der Waals surface area contributed by atoms with E-state index in [0.29, 0.717) is 78.0 Å². The minimum absolute atomic E-state index is 0. The van der Waals surface area contributed by atoms with Crippen molar-refractivity contribution in [2.75, 3.05) is 98.9 Å². The second-order valence-electron chi connectivity index (χ2n) is 10.7. The Hall–Kier alpha value is -1.65. The van der Waals surface area contributed by atoms with Crippen molar-refractivity contribution in [1.29, 1.82) is 0 Å². The van der Waals surface area contributed by atoms with Gasteiger partial charge in [0.25, 0.3) is 0 Å². The Morgan fingerprint density at radius 3 is 1.43 bits per heavy atom. The first kappa shape index (κ1) is 51.7. The second kappa shape index (κ2) is 37.6. The van der Waals surface area contributed by atoms with Crippen molar-refractivity contribution in [3.63, 3.8) is 0 Å². The van der Waals surface area contributed by atoms with E-state index in [9.17, 15) is 28.8 Å². The van der Waals surface area contributed by atoms with Gasteiger partial charge in [0.2, 0.25) is 17.7 Å². The van der Waals surface area contributed by atoms with Gasteiger partial charge in [-0.15, -0.1) is 0 Å². The van der Waals surface area contributed by atoms with Gasteiger partial charge in [0.1, 0.15) is 19.8 Å². The minimum atomic E-state index is -0.548. The molecular weight excluding hydrogens is 718 g/mol. The predicted molar refractivity (Wildman–Crippen MR) is 178 cm³/mol. The molecule has 278 valence electrons. The molecule has 0 aliphatic rings. The first-order valence-electron chi connectivity index (χ1n) is 16.4. The number of amides is 3. The molecule has 1 atom stereocenters. The largest absolute Gasteiger partial charge is 0.377 e. The van der Waals surface area contributed by atoms with Crippen LogP contribution in [0.15, 0.2) is 0 Å². The standard InChI is InChI=1S/C32H57N3O12.B.Y/c1-4-29(38)23-45-19-16-44-15-12-35-32(41)28(22-31(40)25-47-21-18-43-14-11-34-27(3)37)8-6-5-7-9-30(39)24-46-20-17-42-13-10-33-26(2)36;;/h28H,4-25H2,1-3H3,(H,33,36)(H,34,37)(H,35,41);;. The van der Waals surface area contributed by atoms with Gasteiger partial charge in [-0.2, -0.15) is 0 Å². The van der Waals surface area contributed by atoms with Gasteiger partial charge in [-0.25, -0.2) is 0 Å². The van der Waals surface area contributed by atoms with Crippen LogP contribution in [0.25, 0.3) is 0 Å². The number of carbonyl (C=O) groups is 6. The van der Waals surface area contributed by atoms with E-state index in [2.05, 4.69) is 16.0 Å². The van der Waals surface area contributed by atoms with Crippen LogP contribution in [-0.2, 0) is 89.9 Å². The molecule has 0 saturated heterocycles. The zero-order chi connectivity index (χ0) is 35.0. The Morgan fingerprint density at radius 2 is 0.959 bits per heavy atom. The van der Waals surface area contributed by atoms with E-state index in [4.69, 9.17) is 28.4 Å². The van der Waals surface area contributed by atoms with Crippen LogP contribution in [0.3, 0.4) is 0 Å². The maximum absolute atomic E-state index is 12.9. The summed E-state index contributed by atoms with van der Waals surface area (Å²) in [6, 6.07) is 0. The fraction of sp³-hybridized carbons (Fsp3) is 0.812. The average molecular weight is 776 g/mol. The summed E-state index contributed by atoms with van der Waals surface area (Å²) < 4.78 is 32.0. The van der Waals surface area contributed by atoms with Crippen LogP contribution in [0.1, 0.15) is 65.7 Å². The quantitative estimate of drug-likeness (QED) is 0.0594. The molecule has 15 nitrogen and oxygen atoms in total. The summed E-state index contributed by atoms with van der Waals surface area (Å²) in [7, 11) is 0. The molecule has 3 amide bonds. The van der Waals surface area contributed by atoms with E-state index >= 15 is 0 Å². The van der Waals surface area contributed by atoms with Crippen LogP contribution in [-0.4, -0.2) is 142 Å². The summed E-state index contributed by atoms with van der Waals surface area (Å²) in [5.74, 6) is -1.27. The summed E-state index contributed by atoms with van der Waals surface area (Å²) in [5, 5.41) is 8.05. The average Bonchev–Trinajstić information content (AvgIpc) is 3.03. The molecule has 0 heterocycles. The number of nitrogens with one attached hydrogen (secondary N) is 3. The number of hydrogen-bond acceptors (Lipinski definition) is 12. The molecule has 49 heavy (non-hydrogen) atoms. The normalized spacial score (nSPS) is 11.1. The fourth-order valence-corrected chi connectivity index (χ4v) is 3.93. The molecule has 0 aliphatic carbocycles. The van der Waals surface area contributed by atoms with Crippen molar-refractivity contribution < 1.29 is 89.9 Å². The van der Waals surface area contributed by atoms with Crippen molar-refractivity contribution in [2.45, 2.75) is 65.7 Å². The topological polar surface area (TPSA) is 194 Å². The minimum Gasteiger partial charge on any atom is -0.377 e. The summed E-state index contributed by atoms with van der Waals surface area (Å²) in [6.45, 7) is 8.25. The van der Waals surface area contributed by atoms with E-state index in [1.54, 1.807) is 6.92 Å². The number of ketones is 3. The summed E-state index contributed by atoms with van der Waals surface area (Å²) in [4.78, 5) is 70.5. The van der Waals surface area contributed by atoms with Crippen molar-refractivity contribution in [3.05, 3.63) is 0 Å². The van der Waals surface area contributed by atoms with Crippen LogP contribution >= 0.6 is 0 Å². The number of Topliss-reactive ketones (excluding diaryl/α,β-unsaturated/α-hetero) is 3. The molecule has 0 fully saturated rings. The van der Waals surface area contributed by atoms with Gasteiger partial charge in [0.05, 0.1) is 59.5 Å². The van der Waals surface area contributed by atoms with E-state index in [1.165, 1.54) is 13.8 Å². The van der Waals surface area contributed by atoms with Crippen LogP contribution < -0.4 is 16.0 Å². The molecule has 0 rings (SSSR count). The number of rotatable bonds is 34. The van der Waals surface area contributed by atoms with E-state index in [1.807, 2.05) is 0 Å². The Bertz CT molecular complexity index is 901. The van der Waals surface area contributed by atoms with Crippen molar-refractivity contribution in [2.24, 2.45) is 5.92 Å². The maximum Gasteiger partial charge on any atom is 0.223 e. The Kier molecular flexibility index (Phi) is 39.7. The molecule has 0 spiro atoms. The van der Waals surface area contributed by atoms with Gasteiger partial charge in [-0.1, -0.05) is 19.8 Å². The van der Waals surface area contributed by atoms with E-state index in [-0.39, 0.29) is 142 Å². The third-order valence-electron chi connectivity index (χ3n) is 6.44. The third kappa shape index (κ3) is 37.4. The van der Waals surface area contributed by atoms with Crippen LogP contribution in [0.2, 0.25) is 0 Å². The van der Waals surface area contributed by atoms with Crippen LogP contribution in [0, 0.1) is 5.92 Å². The monoisotopic (exact) mass is 775 g/mol. The van der Waals surface area contributed by atoms with Gasteiger partial charge >= 0.3 is 0 Å². The van der Waals surface area contributed by atoms with Gasteiger partial charge in [-0.3, -0.25) is 28.8 Å². The summed E-state index contributed by atoms with van der Waals surface area (Å²) >= 11 is 0. The molecule has 0 aliphatic heterocycles. The van der Waals surface area contributed by atoms with Crippen LogP contribution in [0.5, 0.6) is 0 Å². The molecular formula is C32H57BN3O12Y. The molecule has 0 aromatic carbocycles. The predicted octanol–water partition coefficient (Wildman–Crippen LogP) is 0.165. The molecule has 0 saturated carbocycles. The number of unbranched alkanes of at least 4 members (excludes halogenated alkanes) is 2. The molecule has 4 radical (unpaired) electrons. The van der Waals surface area contributed by atoms with E-state index < -0.39 is 5.92 Å². The fourth-order valence-electron chi connectivity index (χ4n) is 3.93. The zero-order valence-corrected chi connectivity index (χ0v) is 32.5. The van der Waals surface area contributed by atoms with Gasteiger partial charge in [0, 0.05) is 99.8 Å². The molecule has 1 unspecified atom stereocenters.